The second-order valence-corrected chi connectivity index (χ2v) is 14.7. The van der Waals surface area contributed by atoms with Gasteiger partial charge in [-0.15, -0.1) is 0 Å². The number of alkyl halides is 1. The van der Waals surface area contributed by atoms with Crippen LogP contribution in [0.5, 0.6) is 0 Å². The van der Waals surface area contributed by atoms with Crippen LogP contribution in [0.25, 0.3) is 0 Å². The molecule has 6 nitrogen and oxygen atoms in total. The van der Waals surface area contributed by atoms with Gasteiger partial charge in [0.1, 0.15) is 12.3 Å². The SMILES string of the molecule is CC(C)(C)[Si](O[C@@H]1CC[C@@H](OC(=O)c2cccc([N+](=O)[O-])c2)[C@H](F)C1)(c1ccccc1)c1ccccc1. The van der Waals surface area contributed by atoms with Crippen LogP contribution in [-0.4, -0.2) is 37.6 Å². The van der Waals surface area contributed by atoms with Gasteiger partial charge in [0.15, 0.2) is 0 Å². The van der Waals surface area contributed by atoms with Crippen LogP contribution in [0.2, 0.25) is 5.04 Å². The van der Waals surface area contributed by atoms with Crippen molar-refractivity contribution in [3.8, 4) is 0 Å². The first-order valence-corrected chi connectivity index (χ1v) is 14.4. The van der Waals surface area contributed by atoms with E-state index in [2.05, 4.69) is 45.0 Å². The number of hydrogen-bond acceptors (Lipinski definition) is 5. The van der Waals surface area contributed by atoms with Gasteiger partial charge in [0, 0.05) is 24.7 Å². The van der Waals surface area contributed by atoms with E-state index in [9.17, 15) is 14.9 Å². The number of carbonyl (C=O) groups excluding carboxylic acids is 1. The molecule has 1 saturated carbocycles. The van der Waals surface area contributed by atoms with Crippen molar-refractivity contribution in [2.45, 2.75) is 63.5 Å². The summed E-state index contributed by atoms with van der Waals surface area (Å²) in [5, 5.41) is 13.1. The topological polar surface area (TPSA) is 78.7 Å². The van der Waals surface area contributed by atoms with E-state index in [0.717, 1.165) is 16.4 Å². The number of non-ortho nitro benzene ring substituents is 1. The van der Waals surface area contributed by atoms with Gasteiger partial charge >= 0.3 is 5.97 Å². The molecule has 1 fully saturated rings. The molecule has 0 aliphatic heterocycles. The van der Waals surface area contributed by atoms with Gasteiger partial charge in [0.25, 0.3) is 14.0 Å². The van der Waals surface area contributed by atoms with Gasteiger partial charge < -0.3 is 9.16 Å². The van der Waals surface area contributed by atoms with Crippen LogP contribution in [0.4, 0.5) is 10.1 Å². The Morgan fingerprint density at radius 1 is 0.946 bits per heavy atom. The molecule has 0 aromatic heterocycles. The molecule has 3 aromatic rings. The number of nitro benzene ring substituents is 1. The molecular formula is C29H32FNO5Si. The fourth-order valence-corrected chi connectivity index (χ4v) is 9.91. The summed E-state index contributed by atoms with van der Waals surface area (Å²) in [4.78, 5) is 23.1. The molecule has 1 aliphatic rings. The monoisotopic (exact) mass is 521 g/mol. The van der Waals surface area contributed by atoms with Crippen molar-refractivity contribution < 1.29 is 23.3 Å². The van der Waals surface area contributed by atoms with Crippen molar-refractivity contribution in [1.82, 2.24) is 0 Å². The summed E-state index contributed by atoms with van der Waals surface area (Å²) < 4.78 is 27.9. The van der Waals surface area contributed by atoms with Crippen molar-refractivity contribution >= 4 is 30.3 Å². The normalized spacial score (nSPS) is 20.3. The van der Waals surface area contributed by atoms with Crippen LogP contribution in [-0.2, 0) is 9.16 Å². The number of benzene rings is 3. The quantitative estimate of drug-likeness (QED) is 0.175. The average Bonchev–Trinajstić information content (AvgIpc) is 2.89. The fraction of sp³-hybridized carbons (Fsp3) is 0.345. The molecule has 0 saturated heterocycles. The third kappa shape index (κ3) is 5.65. The number of carbonyl (C=O) groups is 1. The summed E-state index contributed by atoms with van der Waals surface area (Å²) in [7, 11) is -2.83. The maximum atomic E-state index is 15.4. The van der Waals surface area contributed by atoms with Crippen molar-refractivity contribution in [3.63, 3.8) is 0 Å². The van der Waals surface area contributed by atoms with Gasteiger partial charge in [0.2, 0.25) is 0 Å². The average molecular weight is 522 g/mol. The maximum Gasteiger partial charge on any atom is 0.338 e. The highest BCUT2D eigenvalue weighted by molar-refractivity contribution is 6.99. The lowest BCUT2D eigenvalue weighted by Gasteiger charge is -2.46. The molecule has 0 radical (unpaired) electrons. The second-order valence-electron chi connectivity index (χ2n) is 10.5. The Balaban J connectivity index is 1.54. The third-order valence-corrected chi connectivity index (χ3v) is 12.1. The van der Waals surface area contributed by atoms with Crippen LogP contribution in [0, 0.1) is 10.1 Å². The van der Waals surface area contributed by atoms with E-state index in [1.807, 2.05) is 36.4 Å². The first-order valence-electron chi connectivity index (χ1n) is 12.5. The van der Waals surface area contributed by atoms with Gasteiger partial charge in [-0.2, -0.15) is 0 Å². The molecule has 3 atom stereocenters. The minimum atomic E-state index is -2.83. The van der Waals surface area contributed by atoms with Crippen LogP contribution in [0.15, 0.2) is 84.9 Å². The third-order valence-electron chi connectivity index (χ3n) is 6.98. The molecule has 37 heavy (non-hydrogen) atoms. The zero-order chi connectivity index (χ0) is 26.6. The van der Waals surface area contributed by atoms with Crippen LogP contribution in [0.3, 0.4) is 0 Å². The molecular weight excluding hydrogens is 489 g/mol. The van der Waals surface area contributed by atoms with Crippen LogP contribution >= 0.6 is 0 Å². The summed E-state index contributed by atoms with van der Waals surface area (Å²) in [5.41, 5.74) is -0.180. The molecule has 0 N–H and O–H groups in total. The van der Waals surface area contributed by atoms with E-state index in [-0.39, 0.29) is 28.8 Å². The van der Waals surface area contributed by atoms with E-state index in [4.69, 9.17) is 9.16 Å². The first-order chi connectivity index (χ1) is 17.6. The van der Waals surface area contributed by atoms with Crippen LogP contribution < -0.4 is 10.4 Å². The predicted octanol–water partition coefficient (Wildman–Crippen LogP) is 5.59. The molecule has 4 rings (SSSR count). The van der Waals surface area contributed by atoms with Crippen LogP contribution in [0.1, 0.15) is 50.4 Å². The summed E-state index contributed by atoms with van der Waals surface area (Å²) in [6.45, 7) is 6.54. The minimum absolute atomic E-state index is 0.0343. The number of rotatable bonds is 7. The molecule has 0 unspecified atom stereocenters. The first kappa shape index (κ1) is 26.7. The molecule has 0 amide bonds. The predicted molar refractivity (Wildman–Crippen MR) is 144 cm³/mol. The summed E-state index contributed by atoms with van der Waals surface area (Å²) in [6.07, 6.45) is -1.71. The highest BCUT2D eigenvalue weighted by Gasteiger charge is 2.52. The molecule has 3 aromatic carbocycles. The van der Waals surface area contributed by atoms with Gasteiger partial charge in [-0.1, -0.05) is 87.5 Å². The zero-order valence-electron chi connectivity index (χ0n) is 21.3. The molecule has 8 heteroatoms. The lowest BCUT2D eigenvalue weighted by molar-refractivity contribution is -0.384. The second kappa shape index (κ2) is 10.9. The van der Waals surface area contributed by atoms with E-state index in [1.54, 1.807) is 0 Å². The van der Waals surface area contributed by atoms with E-state index in [1.165, 1.54) is 18.2 Å². The Morgan fingerprint density at radius 3 is 2.05 bits per heavy atom. The van der Waals surface area contributed by atoms with Crippen molar-refractivity contribution in [1.29, 1.82) is 0 Å². The smallest absolute Gasteiger partial charge is 0.338 e. The Labute approximate surface area is 217 Å². The summed E-state index contributed by atoms with van der Waals surface area (Å²) in [6, 6.07) is 25.7. The highest BCUT2D eigenvalue weighted by Crippen LogP contribution is 2.40. The number of esters is 1. The minimum Gasteiger partial charge on any atom is -0.456 e. The van der Waals surface area contributed by atoms with Gasteiger partial charge in [-0.25, -0.2) is 9.18 Å². The maximum absolute atomic E-state index is 15.4. The van der Waals surface area contributed by atoms with Crippen molar-refractivity contribution in [3.05, 3.63) is 101 Å². The van der Waals surface area contributed by atoms with Gasteiger partial charge in [-0.05, 0) is 34.3 Å². The van der Waals surface area contributed by atoms with Gasteiger partial charge in [-0.3, -0.25) is 10.1 Å². The fourth-order valence-electron chi connectivity index (χ4n) is 5.18. The number of nitrogens with zero attached hydrogens (tertiary/aromatic N) is 1. The van der Waals surface area contributed by atoms with E-state index in [0.29, 0.717) is 12.8 Å². The number of ether oxygens (including phenoxy) is 1. The lowest BCUT2D eigenvalue weighted by atomic mass is 9.93. The number of halogens is 1. The molecule has 1 aliphatic carbocycles. The Bertz CT molecular complexity index is 1190. The molecule has 0 bridgehead atoms. The largest absolute Gasteiger partial charge is 0.456 e. The molecule has 0 spiro atoms. The molecule has 194 valence electrons. The number of nitro groups is 1. The molecule has 0 heterocycles. The Kier molecular flexibility index (Phi) is 7.89. The standard InChI is InChI=1S/C29H32FNO5Si/c1-29(2,3)37(24-13-6-4-7-14-24,25-15-8-5-9-16-25)36-23-17-18-27(26(30)20-23)35-28(32)21-11-10-12-22(19-21)31(33)34/h4-16,19,23,26-27H,17-18,20H2,1-3H3/t23-,26-,27-/m1/s1. The summed E-state index contributed by atoms with van der Waals surface area (Å²) >= 11 is 0. The van der Waals surface area contributed by atoms with E-state index < -0.39 is 31.5 Å². The van der Waals surface area contributed by atoms with Crippen molar-refractivity contribution in [2.75, 3.05) is 0 Å². The zero-order valence-corrected chi connectivity index (χ0v) is 22.3. The Hall–Kier alpha value is -3.36. The Morgan fingerprint density at radius 2 is 1.54 bits per heavy atom. The number of hydrogen-bond donors (Lipinski definition) is 0. The summed E-state index contributed by atoms with van der Waals surface area (Å²) in [5.74, 6) is -0.761. The van der Waals surface area contributed by atoms with Crippen molar-refractivity contribution in [2.24, 2.45) is 0 Å². The van der Waals surface area contributed by atoms with E-state index >= 15 is 4.39 Å². The highest BCUT2D eigenvalue weighted by atomic mass is 28.4. The van der Waals surface area contributed by atoms with Gasteiger partial charge in [0.05, 0.1) is 10.5 Å². The lowest BCUT2D eigenvalue weighted by Crippen LogP contribution is -2.68.